The predicted molar refractivity (Wildman–Crippen MR) is 138 cm³/mol. The van der Waals surface area contributed by atoms with E-state index in [0.717, 1.165) is 32.5 Å². The molecule has 4 rings (SSSR count). The molecule has 0 unspecified atom stereocenters. The molecule has 3 aromatic rings. The number of carbonyl (C=O) groups is 3. The summed E-state index contributed by atoms with van der Waals surface area (Å²) in [6.45, 7) is 3.53. The number of nitrogens with zero attached hydrogens (tertiary/aromatic N) is 4. The molecule has 0 aliphatic carbocycles. The third-order valence-electron chi connectivity index (χ3n) is 5.83. The second-order valence-corrected chi connectivity index (χ2v) is 8.65. The lowest BCUT2D eigenvalue weighted by Gasteiger charge is -2.32. The van der Waals surface area contributed by atoms with Gasteiger partial charge in [0.25, 0.3) is 23.3 Å². The summed E-state index contributed by atoms with van der Waals surface area (Å²) >= 11 is 0. The predicted octanol–water partition coefficient (Wildman–Crippen LogP) is 3.00. The zero-order valence-corrected chi connectivity index (χ0v) is 20.8. The summed E-state index contributed by atoms with van der Waals surface area (Å²) < 4.78 is 5.14. The summed E-state index contributed by atoms with van der Waals surface area (Å²) in [5.74, 6) is -2.38. The van der Waals surface area contributed by atoms with Crippen LogP contribution in [-0.2, 0) is 16.1 Å². The minimum Gasteiger partial charge on any atom is -0.478 e. The van der Waals surface area contributed by atoms with Crippen molar-refractivity contribution in [2.75, 3.05) is 19.6 Å². The van der Waals surface area contributed by atoms with Crippen molar-refractivity contribution in [2.24, 2.45) is 5.92 Å². The molecule has 13 heteroatoms. The number of carbonyl (C=O) groups excluding carboxylic acids is 1. The highest BCUT2D eigenvalue weighted by molar-refractivity contribution is 5.90. The van der Waals surface area contributed by atoms with E-state index < -0.39 is 16.9 Å². The van der Waals surface area contributed by atoms with E-state index in [0.29, 0.717) is 30.2 Å². The fourth-order valence-electron chi connectivity index (χ4n) is 3.81. The second kappa shape index (κ2) is 14.1. The zero-order valence-electron chi connectivity index (χ0n) is 20.8. The van der Waals surface area contributed by atoms with Crippen molar-refractivity contribution >= 4 is 23.5 Å². The lowest BCUT2D eigenvalue weighted by Crippen LogP contribution is -2.38. The van der Waals surface area contributed by atoms with E-state index in [-0.39, 0.29) is 23.3 Å². The maximum Gasteiger partial charge on any atom is 0.328 e. The number of piperidine rings is 1. The summed E-state index contributed by atoms with van der Waals surface area (Å²) in [7, 11) is 0. The third-order valence-corrected chi connectivity index (χ3v) is 5.83. The standard InChI is InChI=1S/C22H23N5O4.C4H4O4/c28-21(20-24-22(31-25-20)18-6-8-19(9-7-18)27(29)30)23-14-16-10-12-26(13-11-16)15-17-4-2-1-3-5-17;5-3(6)1-2-4(7)8/h1-9,16H,10-15H2,(H,23,28);1-2H,(H,5,6)(H,7,8)/b;2-1+. The normalized spacial score (nSPS) is 13.8. The van der Waals surface area contributed by atoms with Crippen molar-refractivity contribution in [3.63, 3.8) is 0 Å². The highest BCUT2D eigenvalue weighted by atomic mass is 16.6. The van der Waals surface area contributed by atoms with Gasteiger partial charge in [-0.05, 0) is 49.5 Å². The van der Waals surface area contributed by atoms with Gasteiger partial charge in [-0.2, -0.15) is 4.98 Å². The fourth-order valence-corrected chi connectivity index (χ4v) is 3.81. The number of nitro benzene ring substituents is 1. The monoisotopic (exact) mass is 537 g/mol. The number of hydrogen-bond donors (Lipinski definition) is 3. The van der Waals surface area contributed by atoms with Crippen LogP contribution in [0, 0.1) is 16.0 Å². The van der Waals surface area contributed by atoms with E-state index in [1.54, 1.807) is 0 Å². The van der Waals surface area contributed by atoms with Crippen molar-refractivity contribution in [1.29, 1.82) is 0 Å². The Morgan fingerprint density at radius 2 is 1.64 bits per heavy atom. The lowest BCUT2D eigenvalue weighted by atomic mass is 9.96. The summed E-state index contributed by atoms with van der Waals surface area (Å²) in [4.78, 5) is 48.3. The lowest BCUT2D eigenvalue weighted by molar-refractivity contribution is -0.384. The van der Waals surface area contributed by atoms with Gasteiger partial charge in [0.2, 0.25) is 0 Å². The molecule has 2 heterocycles. The van der Waals surface area contributed by atoms with E-state index in [1.807, 2.05) is 6.07 Å². The zero-order chi connectivity index (χ0) is 28.2. The largest absolute Gasteiger partial charge is 0.478 e. The van der Waals surface area contributed by atoms with E-state index >= 15 is 0 Å². The molecule has 0 radical (unpaired) electrons. The molecule has 204 valence electrons. The highest BCUT2D eigenvalue weighted by Gasteiger charge is 2.22. The van der Waals surface area contributed by atoms with Gasteiger partial charge in [-0.1, -0.05) is 35.5 Å². The van der Waals surface area contributed by atoms with Crippen molar-refractivity contribution in [3.8, 4) is 11.5 Å². The summed E-state index contributed by atoms with van der Waals surface area (Å²) in [5.41, 5.74) is 1.80. The highest BCUT2D eigenvalue weighted by Crippen LogP contribution is 2.21. The van der Waals surface area contributed by atoms with Gasteiger partial charge in [-0.3, -0.25) is 19.8 Å². The van der Waals surface area contributed by atoms with E-state index in [1.165, 1.54) is 29.8 Å². The first-order valence-electron chi connectivity index (χ1n) is 12.0. The molecule has 1 aliphatic rings. The number of nitrogens with one attached hydrogen (secondary N) is 1. The van der Waals surface area contributed by atoms with Crippen LogP contribution in [0.15, 0.2) is 71.3 Å². The number of carboxylic acid groups (broad SMARTS) is 2. The molecule has 0 spiro atoms. The number of nitro groups is 1. The number of aliphatic carboxylic acids is 2. The van der Waals surface area contributed by atoms with Crippen molar-refractivity contribution in [1.82, 2.24) is 20.4 Å². The number of hydrogen-bond acceptors (Lipinski definition) is 9. The number of benzene rings is 2. The Morgan fingerprint density at radius 3 is 2.21 bits per heavy atom. The fraction of sp³-hybridized carbons (Fsp3) is 0.269. The molecule has 0 bridgehead atoms. The Balaban J connectivity index is 0.000000459. The van der Waals surface area contributed by atoms with Gasteiger partial charge in [0, 0.05) is 42.9 Å². The van der Waals surface area contributed by atoms with Crippen LogP contribution in [0.3, 0.4) is 0 Å². The molecule has 39 heavy (non-hydrogen) atoms. The van der Waals surface area contributed by atoms with E-state index in [2.05, 4.69) is 44.6 Å². The van der Waals surface area contributed by atoms with E-state index in [9.17, 15) is 24.5 Å². The SMILES string of the molecule is O=C(NCC1CCN(Cc2ccccc2)CC1)c1noc(-c2ccc([N+](=O)[O-])cc2)n1.O=C(O)/C=C/C(=O)O. The minimum absolute atomic E-state index is 0.0314. The molecule has 1 fully saturated rings. The average Bonchev–Trinajstić information content (AvgIpc) is 3.43. The number of carboxylic acids is 2. The molecular formula is C26H27N5O8. The van der Waals surface area contributed by atoms with Crippen molar-refractivity contribution < 1.29 is 34.0 Å². The van der Waals surface area contributed by atoms with Crippen LogP contribution in [0.2, 0.25) is 0 Å². The number of aromatic nitrogens is 2. The average molecular weight is 538 g/mol. The van der Waals surface area contributed by atoms with Crippen molar-refractivity contribution in [3.05, 3.63) is 88.3 Å². The Labute approximate surface area is 222 Å². The number of amides is 1. The molecule has 2 aromatic carbocycles. The Kier molecular flexibility index (Phi) is 10.4. The van der Waals surface area contributed by atoms with Gasteiger partial charge in [-0.15, -0.1) is 0 Å². The Bertz CT molecular complexity index is 1280. The van der Waals surface area contributed by atoms with E-state index in [4.69, 9.17) is 14.7 Å². The number of rotatable bonds is 9. The van der Waals surface area contributed by atoms with Crippen LogP contribution < -0.4 is 5.32 Å². The molecule has 13 nitrogen and oxygen atoms in total. The van der Waals surface area contributed by atoms with Crippen LogP contribution >= 0.6 is 0 Å². The third kappa shape index (κ3) is 9.48. The molecule has 1 aliphatic heterocycles. The van der Waals surface area contributed by atoms with Crippen LogP contribution in [0.1, 0.15) is 29.0 Å². The van der Waals surface area contributed by atoms with Crippen LogP contribution in [0.25, 0.3) is 11.5 Å². The quantitative estimate of drug-likeness (QED) is 0.207. The first-order valence-corrected chi connectivity index (χ1v) is 12.0. The molecule has 3 N–H and O–H groups in total. The van der Waals surface area contributed by atoms with Gasteiger partial charge in [0.1, 0.15) is 0 Å². The first kappa shape index (κ1) is 28.7. The topological polar surface area (TPSA) is 189 Å². The first-order chi connectivity index (χ1) is 18.7. The number of non-ortho nitro benzene ring substituents is 1. The number of likely N-dealkylation sites (tertiary alicyclic amines) is 1. The summed E-state index contributed by atoms with van der Waals surface area (Å²) in [6.07, 6.45) is 3.16. The molecule has 1 amide bonds. The summed E-state index contributed by atoms with van der Waals surface area (Å²) in [6, 6.07) is 16.1. The smallest absolute Gasteiger partial charge is 0.328 e. The second-order valence-electron chi connectivity index (χ2n) is 8.65. The maximum absolute atomic E-state index is 12.4. The molecular weight excluding hydrogens is 510 g/mol. The molecule has 1 saturated heterocycles. The molecule has 0 atom stereocenters. The van der Waals surface area contributed by atoms with Gasteiger partial charge in [0.15, 0.2) is 0 Å². The Morgan fingerprint density at radius 1 is 1.03 bits per heavy atom. The van der Waals surface area contributed by atoms with Crippen LogP contribution in [0.4, 0.5) is 5.69 Å². The molecule has 0 saturated carbocycles. The molecule has 1 aromatic heterocycles. The van der Waals surface area contributed by atoms with Crippen LogP contribution in [0.5, 0.6) is 0 Å². The van der Waals surface area contributed by atoms with Gasteiger partial charge in [0.05, 0.1) is 4.92 Å². The minimum atomic E-state index is -1.26. The van der Waals surface area contributed by atoms with Gasteiger partial charge in [-0.25, -0.2) is 9.59 Å². The maximum atomic E-state index is 12.4. The van der Waals surface area contributed by atoms with Crippen molar-refractivity contribution in [2.45, 2.75) is 19.4 Å². The summed E-state index contributed by atoms with van der Waals surface area (Å²) in [5, 5.41) is 33.0. The van der Waals surface area contributed by atoms with Gasteiger partial charge >= 0.3 is 11.9 Å². The van der Waals surface area contributed by atoms with Crippen LogP contribution in [-0.4, -0.2) is 67.7 Å². The van der Waals surface area contributed by atoms with Gasteiger partial charge < -0.3 is 20.1 Å². The Hall–Kier alpha value is -4.91.